The molecular formula is C14H25N7. The van der Waals surface area contributed by atoms with Gasteiger partial charge >= 0.3 is 0 Å². The maximum absolute atomic E-state index is 5.49. The molecule has 1 aromatic rings. The number of nitrogens with one attached hydrogen (secondary N) is 2. The number of anilines is 3. The maximum Gasteiger partial charge on any atom is 0.243 e. The number of rotatable bonds is 5. The predicted octanol–water partition coefficient (Wildman–Crippen LogP) is 1.75. The van der Waals surface area contributed by atoms with Crippen LogP contribution in [0.2, 0.25) is 0 Å². The Hall–Kier alpha value is -1.63. The van der Waals surface area contributed by atoms with Gasteiger partial charge in [0, 0.05) is 19.6 Å². The molecule has 0 spiro atoms. The predicted molar refractivity (Wildman–Crippen MR) is 84.1 cm³/mol. The zero-order valence-corrected chi connectivity index (χ0v) is 12.5. The van der Waals surface area contributed by atoms with Crippen molar-refractivity contribution in [1.82, 2.24) is 15.0 Å². The molecule has 0 unspecified atom stereocenters. The van der Waals surface area contributed by atoms with Crippen LogP contribution in [0.5, 0.6) is 0 Å². The van der Waals surface area contributed by atoms with Crippen molar-refractivity contribution in [3.05, 3.63) is 0 Å². The van der Waals surface area contributed by atoms with Crippen LogP contribution in [-0.4, -0.2) is 34.6 Å². The topological polar surface area (TPSA) is 92.0 Å². The van der Waals surface area contributed by atoms with Crippen LogP contribution in [0.1, 0.15) is 44.9 Å². The molecule has 0 aromatic carbocycles. The van der Waals surface area contributed by atoms with Crippen LogP contribution in [0.3, 0.4) is 0 Å². The van der Waals surface area contributed by atoms with E-state index < -0.39 is 0 Å². The summed E-state index contributed by atoms with van der Waals surface area (Å²) in [6, 6.07) is 0. The fraction of sp³-hybridized carbons (Fsp3) is 0.786. The number of piperidine rings is 1. The Morgan fingerprint density at radius 3 is 2.38 bits per heavy atom. The van der Waals surface area contributed by atoms with Gasteiger partial charge in [-0.15, -0.1) is 0 Å². The van der Waals surface area contributed by atoms with Gasteiger partial charge in [0.25, 0.3) is 0 Å². The lowest BCUT2D eigenvalue weighted by Crippen LogP contribution is -2.32. The van der Waals surface area contributed by atoms with Gasteiger partial charge in [-0.25, -0.2) is 5.84 Å². The molecule has 116 valence electrons. The first-order valence-corrected chi connectivity index (χ1v) is 8.06. The molecule has 1 aromatic heterocycles. The van der Waals surface area contributed by atoms with E-state index in [1.54, 1.807) is 0 Å². The van der Waals surface area contributed by atoms with Crippen molar-refractivity contribution >= 4 is 17.8 Å². The number of hydrogen-bond donors (Lipinski definition) is 3. The summed E-state index contributed by atoms with van der Waals surface area (Å²) in [5.74, 6) is 8.02. The van der Waals surface area contributed by atoms with E-state index in [1.807, 2.05) is 0 Å². The number of hydrogen-bond acceptors (Lipinski definition) is 7. The summed E-state index contributed by atoms with van der Waals surface area (Å²) in [6.45, 7) is 2.96. The number of nitrogens with two attached hydrogens (primary N) is 1. The Bertz CT molecular complexity index is 453. The molecule has 1 aliphatic heterocycles. The van der Waals surface area contributed by atoms with Crippen molar-refractivity contribution in [3.8, 4) is 0 Å². The number of aromatic nitrogens is 3. The van der Waals surface area contributed by atoms with Gasteiger partial charge in [0.05, 0.1) is 0 Å². The van der Waals surface area contributed by atoms with E-state index in [2.05, 4.69) is 30.6 Å². The van der Waals surface area contributed by atoms with Crippen LogP contribution in [0.15, 0.2) is 0 Å². The average molecular weight is 291 g/mol. The summed E-state index contributed by atoms with van der Waals surface area (Å²) >= 11 is 0. The van der Waals surface area contributed by atoms with Crippen LogP contribution in [0.25, 0.3) is 0 Å². The van der Waals surface area contributed by atoms with Crippen LogP contribution in [0.4, 0.5) is 17.8 Å². The zero-order valence-electron chi connectivity index (χ0n) is 12.5. The van der Waals surface area contributed by atoms with Gasteiger partial charge in [0.15, 0.2) is 0 Å². The molecule has 0 amide bonds. The molecule has 4 N–H and O–H groups in total. The van der Waals surface area contributed by atoms with Crippen LogP contribution in [0, 0.1) is 5.92 Å². The second-order valence-electron chi connectivity index (χ2n) is 6.01. The van der Waals surface area contributed by atoms with E-state index in [9.17, 15) is 0 Å². The minimum atomic E-state index is 0.430. The summed E-state index contributed by atoms with van der Waals surface area (Å²) in [4.78, 5) is 15.5. The third-order valence-corrected chi connectivity index (χ3v) is 4.42. The lowest BCUT2D eigenvalue weighted by Gasteiger charge is -2.27. The molecule has 7 nitrogen and oxygen atoms in total. The van der Waals surface area contributed by atoms with E-state index >= 15 is 0 Å². The summed E-state index contributed by atoms with van der Waals surface area (Å²) in [7, 11) is 0. The molecule has 7 heteroatoms. The van der Waals surface area contributed by atoms with Gasteiger partial charge in [-0.1, -0.05) is 12.8 Å². The van der Waals surface area contributed by atoms with E-state index in [0.717, 1.165) is 31.5 Å². The Morgan fingerprint density at radius 2 is 1.67 bits per heavy atom. The van der Waals surface area contributed by atoms with Gasteiger partial charge in [-0.05, 0) is 38.0 Å². The molecule has 2 aliphatic rings. The average Bonchev–Trinajstić information content (AvgIpc) is 3.07. The third kappa shape index (κ3) is 3.72. The smallest absolute Gasteiger partial charge is 0.243 e. The monoisotopic (exact) mass is 291 g/mol. The van der Waals surface area contributed by atoms with E-state index in [-0.39, 0.29) is 0 Å². The second-order valence-corrected chi connectivity index (χ2v) is 6.01. The molecule has 1 aliphatic carbocycles. The molecule has 1 saturated carbocycles. The molecule has 2 fully saturated rings. The molecule has 3 rings (SSSR count). The van der Waals surface area contributed by atoms with Crippen LogP contribution >= 0.6 is 0 Å². The fourth-order valence-electron chi connectivity index (χ4n) is 3.19. The molecule has 2 heterocycles. The van der Waals surface area contributed by atoms with Crippen molar-refractivity contribution in [1.29, 1.82) is 0 Å². The Kier molecular flexibility index (Phi) is 4.69. The standard InChI is InChI=1S/C14H25N7/c15-20-13-17-12(16-10-11-6-2-3-7-11)18-14(19-13)21-8-4-1-5-9-21/h11H,1-10,15H2,(H2,16,17,18,19,20). The van der Waals surface area contributed by atoms with Crippen molar-refractivity contribution in [2.75, 3.05) is 35.3 Å². The Morgan fingerprint density at radius 1 is 0.952 bits per heavy atom. The largest absolute Gasteiger partial charge is 0.354 e. The summed E-state index contributed by atoms with van der Waals surface area (Å²) in [5, 5.41) is 3.36. The van der Waals surface area contributed by atoms with Gasteiger partial charge in [0.1, 0.15) is 0 Å². The highest BCUT2D eigenvalue weighted by Crippen LogP contribution is 2.25. The molecule has 0 radical (unpaired) electrons. The van der Waals surface area contributed by atoms with Crippen molar-refractivity contribution in [2.45, 2.75) is 44.9 Å². The van der Waals surface area contributed by atoms with E-state index in [0.29, 0.717) is 11.9 Å². The van der Waals surface area contributed by atoms with Gasteiger partial charge in [0.2, 0.25) is 17.8 Å². The first-order valence-electron chi connectivity index (χ1n) is 8.06. The minimum absolute atomic E-state index is 0.430. The third-order valence-electron chi connectivity index (χ3n) is 4.42. The Balaban J connectivity index is 1.69. The molecule has 0 atom stereocenters. The normalized spacial score (nSPS) is 19.8. The van der Waals surface area contributed by atoms with E-state index in [4.69, 9.17) is 5.84 Å². The first kappa shape index (κ1) is 14.3. The highest BCUT2D eigenvalue weighted by Gasteiger charge is 2.18. The lowest BCUT2D eigenvalue weighted by atomic mass is 10.1. The molecule has 21 heavy (non-hydrogen) atoms. The summed E-state index contributed by atoms with van der Waals surface area (Å²) in [5.41, 5.74) is 2.55. The lowest BCUT2D eigenvalue weighted by molar-refractivity contribution is 0.565. The maximum atomic E-state index is 5.49. The van der Waals surface area contributed by atoms with Gasteiger partial charge < -0.3 is 10.2 Å². The highest BCUT2D eigenvalue weighted by atomic mass is 15.4. The number of nitrogens with zero attached hydrogens (tertiary/aromatic N) is 4. The fourth-order valence-corrected chi connectivity index (χ4v) is 3.19. The van der Waals surface area contributed by atoms with Crippen LogP contribution < -0.4 is 21.5 Å². The van der Waals surface area contributed by atoms with Crippen molar-refractivity contribution in [3.63, 3.8) is 0 Å². The van der Waals surface area contributed by atoms with Crippen molar-refractivity contribution in [2.24, 2.45) is 11.8 Å². The molecule has 0 bridgehead atoms. The minimum Gasteiger partial charge on any atom is -0.354 e. The van der Waals surface area contributed by atoms with Crippen LogP contribution in [-0.2, 0) is 0 Å². The first-order chi connectivity index (χ1) is 10.3. The van der Waals surface area contributed by atoms with E-state index in [1.165, 1.54) is 44.9 Å². The second kappa shape index (κ2) is 6.89. The SMILES string of the molecule is NNc1nc(NCC2CCCC2)nc(N2CCCCC2)n1. The van der Waals surface area contributed by atoms with Gasteiger partial charge in [-0.3, -0.25) is 5.43 Å². The highest BCUT2D eigenvalue weighted by molar-refractivity contribution is 5.43. The quantitative estimate of drug-likeness (QED) is 0.562. The van der Waals surface area contributed by atoms with Crippen molar-refractivity contribution < 1.29 is 0 Å². The Labute approximate surface area is 125 Å². The molecule has 1 saturated heterocycles. The number of hydrazine groups is 1. The zero-order chi connectivity index (χ0) is 14.5. The van der Waals surface area contributed by atoms with Gasteiger partial charge in [-0.2, -0.15) is 15.0 Å². The number of nitrogen functional groups attached to an aromatic ring is 1. The molecular weight excluding hydrogens is 266 g/mol. The summed E-state index contributed by atoms with van der Waals surface area (Å²) in [6.07, 6.45) is 8.98. The summed E-state index contributed by atoms with van der Waals surface area (Å²) < 4.78 is 0.